The zero-order valence-electron chi connectivity index (χ0n) is 7.49. The predicted octanol–water partition coefficient (Wildman–Crippen LogP) is 2.28. The summed E-state index contributed by atoms with van der Waals surface area (Å²) in [6.45, 7) is 0. The van der Waals surface area contributed by atoms with Crippen molar-refractivity contribution < 1.29 is 18.8 Å². The summed E-state index contributed by atoms with van der Waals surface area (Å²) >= 11 is 2.82. The maximum atomic E-state index is 13.4. The lowest BCUT2D eigenvalue weighted by Gasteiger charge is -2.02. The molecule has 0 atom stereocenters. The summed E-state index contributed by atoms with van der Waals surface area (Å²) in [6, 6.07) is 2.33. The summed E-state index contributed by atoms with van der Waals surface area (Å²) < 4.78 is 17.7. The van der Waals surface area contributed by atoms with Gasteiger partial charge in [0.15, 0.2) is 0 Å². The highest BCUT2D eigenvalue weighted by Crippen LogP contribution is 2.30. The van der Waals surface area contributed by atoms with Crippen LogP contribution >= 0.6 is 15.9 Å². The standard InChI is InChI=1S/C8H5BrFNO4/c1-15-8(12)4-2-3-5(9)7(6(4)10)11(13)14/h2-3H,1H3. The highest BCUT2D eigenvalue weighted by molar-refractivity contribution is 9.10. The van der Waals surface area contributed by atoms with E-state index in [1.54, 1.807) is 0 Å². The van der Waals surface area contributed by atoms with Gasteiger partial charge < -0.3 is 4.74 Å². The Labute approximate surface area is 92.1 Å². The number of methoxy groups -OCH3 is 1. The zero-order valence-corrected chi connectivity index (χ0v) is 9.08. The Morgan fingerprint density at radius 3 is 2.67 bits per heavy atom. The maximum absolute atomic E-state index is 13.4. The third kappa shape index (κ3) is 2.12. The molecular formula is C8H5BrFNO4. The van der Waals surface area contributed by atoms with Crippen LogP contribution in [0.25, 0.3) is 0 Å². The summed E-state index contributed by atoms with van der Waals surface area (Å²) in [5.41, 5.74) is -1.25. The van der Waals surface area contributed by atoms with Crippen molar-refractivity contribution >= 4 is 27.6 Å². The van der Waals surface area contributed by atoms with Gasteiger partial charge in [0.1, 0.15) is 5.56 Å². The summed E-state index contributed by atoms with van der Waals surface area (Å²) in [5.74, 6) is -2.16. The molecule has 0 saturated heterocycles. The second kappa shape index (κ2) is 4.35. The number of esters is 1. The van der Waals surface area contributed by atoms with Gasteiger partial charge in [-0.2, -0.15) is 4.39 Å². The summed E-state index contributed by atoms with van der Waals surface area (Å²) in [5, 5.41) is 10.5. The Kier molecular flexibility index (Phi) is 3.35. The van der Waals surface area contributed by atoms with Gasteiger partial charge >= 0.3 is 11.7 Å². The average molecular weight is 278 g/mol. The fourth-order valence-electron chi connectivity index (χ4n) is 0.976. The molecule has 80 valence electrons. The maximum Gasteiger partial charge on any atom is 0.341 e. The molecule has 0 fully saturated rings. The normalized spacial score (nSPS) is 9.80. The van der Waals surface area contributed by atoms with Gasteiger partial charge in [-0.25, -0.2) is 4.79 Å². The second-order valence-electron chi connectivity index (χ2n) is 2.51. The van der Waals surface area contributed by atoms with Crippen molar-refractivity contribution in [1.82, 2.24) is 0 Å². The van der Waals surface area contributed by atoms with Crippen LogP contribution in [0.1, 0.15) is 10.4 Å². The van der Waals surface area contributed by atoms with Crippen LogP contribution < -0.4 is 0 Å². The van der Waals surface area contributed by atoms with E-state index in [-0.39, 0.29) is 4.47 Å². The van der Waals surface area contributed by atoms with Crippen LogP contribution in [-0.2, 0) is 4.74 Å². The largest absolute Gasteiger partial charge is 0.465 e. The molecule has 0 N–H and O–H groups in total. The Morgan fingerprint density at radius 2 is 2.20 bits per heavy atom. The van der Waals surface area contributed by atoms with Gasteiger partial charge in [0.2, 0.25) is 5.82 Å². The molecule has 1 aromatic rings. The highest BCUT2D eigenvalue weighted by Gasteiger charge is 2.25. The summed E-state index contributed by atoms with van der Waals surface area (Å²) in [6.07, 6.45) is 0. The first-order chi connectivity index (χ1) is 6.99. The van der Waals surface area contributed by atoms with Gasteiger partial charge in [-0.3, -0.25) is 10.1 Å². The number of carbonyl (C=O) groups excluding carboxylic acids is 1. The van der Waals surface area contributed by atoms with Crippen LogP contribution in [0.3, 0.4) is 0 Å². The number of nitro benzene ring substituents is 1. The molecule has 0 aromatic heterocycles. The molecule has 15 heavy (non-hydrogen) atoms. The van der Waals surface area contributed by atoms with Crippen LogP contribution in [0, 0.1) is 15.9 Å². The lowest BCUT2D eigenvalue weighted by Crippen LogP contribution is -2.07. The molecule has 0 unspecified atom stereocenters. The zero-order chi connectivity index (χ0) is 11.6. The number of carbonyl (C=O) groups is 1. The van der Waals surface area contributed by atoms with Gasteiger partial charge in [0.25, 0.3) is 0 Å². The van der Waals surface area contributed by atoms with Crippen molar-refractivity contribution in [2.75, 3.05) is 7.11 Å². The summed E-state index contributed by atoms with van der Waals surface area (Å²) in [4.78, 5) is 20.6. The first-order valence-electron chi connectivity index (χ1n) is 3.69. The van der Waals surface area contributed by atoms with Gasteiger partial charge in [-0.05, 0) is 28.1 Å². The first kappa shape index (κ1) is 11.6. The number of rotatable bonds is 2. The van der Waals surface area contributed by atoms with E-state index in [0.717, 1.165) is 13.2 Å². The molecule has 0 aliphatic heterocycles. The molecule has 5 nitrogen and oxygen atoms in total. The fraction of sp³-hybridized carbons (Fsp3) is 0.125. The first-order valence-corrected chi connectivity index (χ1v) is 4.49. The van der Waals surface area contributed by atoms with E-state index in [2.05, 4.69) is 20.7 Å². The quantitative estimate of drug-likeness (QED) is 0.472. The monoisotopic (exact) mass is 277 g/mol. The molecule has 0 spiro atoms. The van der Waals surface area contributed by atoms with Crippen LogP contribution in [0.2, 0.25) is 0 Å². The molecule has 0 aliphatic rings. The third-order valence-electron chi connectivity index (χ3n) is 1.65. The van der Waals surface area contributed by atoms with E-state index in [1.165, 1.54) is 6.07 Å². The molecule has 0 saturated carbocycles. The average Bonchev–Trinajstić information content (AvgIpc) is 2.16. The Hall–Kier alpha value is -1.50. The van der Waals surface area contributed by atoms with Crippen molar-refractivity contribution in [3.05, 3.63) is 38.1 Å². The number of halogens is 2. The van der Waals surface area contributed by atoms with Crippen molar-refractivity contribution in [2.45, 2.75) is 0 Å². The molecule has 1 rings (SSSR count). The number of nitrogens with zero attached hydrogens (tertiary/aromatic N) is 1. The SMILES string of the molecule is COC(=O)c1ccc(Br)c([N+](=O)[O-])c1F. The van der Waals surface area contributed by atoms with E-state index in [1.807, 2.05) is 0 Å². The van der Waals surface area contributed by atoms with Crippen molar-refractivity contribution in [1.29, 1.82) is 0 Å². The van der Waals surface area contributed by atoms with Gasteiger partial charge in [-0.15, -0.1) is 0 Å². The molecule has 0 aliphatic carbocycles. The van der Waals surface area contributed by atoms with E-state index < -0.39 is 28.0 Å². The van der Waals surface area contributed by atoms with E-state index >= 15 is 0 Å². The van der Waals surface area contributed by atoms with E-state index in [0.29, 0.717) is 0 Å². The van der Waals surface area contributed by atoms with Gasteiger partial charge in [-0.1, -0.05) is 0 Å². The molecule has 0 amide bonds. The van der Waals surface area contributed by atoms with E-state index in [9.17, 15) is 19.3 Å². The number of nitro groups is 1. The lowest BCUT2D eigenvalue weighted by molar-refractivity contribution is -0.388. The number of benzene rings is 1. The van der Waals surface area contributed by atoms with E-state index in [4.69, 9.17) is 0 Å². The Morgan fingerprint density at radius 1 is 1.60 bits per heavy atom. The molecule has 0 radical (unpaired) electrons. The number of hydrogen-bond acceptors (Lipinski definition) is 4. The Bertz CT molecular complexity index is 435. The molecule has 0 bridgehead atoms. The van der Waals surface area contributed by atoms with Crippen LogP contribution in [-0.4, -0.2) is 18.0 Å². The highest BCUT2D eigenvalue weighted by atomic mass is 79.9. The minimum Gasteiger partial charge on any atom is -0.465 e. The smallest absolute Gasteiger partial charge is 0.341 e. The van der Waals surface area contributed by atoms with Crippen LogP contribution in [0.5, 0.6) is 0 Å². The number of ether oxygens (including phenoxy) is 1. The van der Waals surface area contributed by atoms with Gasteiger partial charge in [0.05, 0.1) is 16.5 Å². The van der Waals surface area contributed by atoms with Crippen LogP contribution in [0.4, 0.5) is 10.1 Å². The van der Waals surface area contributed by atoms with Crippen molar-refractivity contribution in [3.8, 4) is 0 Å². The van der Waals surface area contributed by atoms with Crippen molar-refractivity contribution in [3.63, 3.8) is 0 Å². The number of hydrogen-bond donors (Lipinski definition) is 0. The molecule has 0 heterocycles. The fourth-order valence-corrected chi connectivity index (χ4v) is 1.43. The lowest BCUT2D eigenvalue weighted by atomic mass is 10.2. The second-order valence-corrected chi connectivity index (χ2v) is 3.36. The minimum absolute atomic E-state index is 0.0300. The molecular weight excluding hydrogens is 273 g/mol. The van der Waals surface area contributed by atoms with Crippen molar-refractivity contribution in [2.24, 2.45) is 0 Å². The third-order valence-corrected chi connectivity index (χ3v) is 2.29. The minimum atomic E-state index is -1.21. The molecule has 7 heteroatoms. The summed E-state index contributed by atoms with van der Waals surface area (Å²) in [7, 11) is 1.07. The van der Waals surface area contributed by atoms with Gasteiger partial charge in [0, 0.05) is 0 Å². The Balaban J connectivity index is 3.41. The molecule has 1 aromatic carbocycles. The van der Waals surface area contributed by atoms with Crippen LogP contribution in [0.15, 0.2) is 16.6 Å². The topological polar surface area (TPSA) is 69.4 Å². The predicted molar refractivity (Wildman–Crippen MR) is 52.1 cm³/mol.